The third kappa shape index (κ3) is 7.51. The molecule has 0 saturated heterocycles. The molecule has 2 rings (SSSR count). The summed E-state index contributed by atoms with van der Waals surface area (Å²) < 4.78 is 17.2. The van der Waals surface area contributed by atoms with Crippen molar-refractivity contribution in [2.75, 3.05) is 19.8 Å². The minimum atomic E-state index is 0.269. The zero-order chi connectivity index (χ0) is 20.4. The van der Waals surface area contributed by atoms with Crippen molar-refractivity contribution in [2.45, 2.75) is 46.4 Å². The molecule has 154 valence electrons. The van der Waals surface area contributed by atoms with E-state index >= 15 is 0 Å². The average molecular weight is 426 g/mol. The van der Waals surface area contributed by atoms with Gasteiger partial charge in [0.05, 0.1) is 17.7 Å². The Hall–Kier alpha value is -1.46. The van der Waals surface area contributed by atoms with Gasteiger partial charge in [-0.25, -0.2) is 0 Å². The highest BCUT2D eigenvalue weighted by Gasteiger charge is 2.13. The second kappa shape index (κ2) is 12.2. The van der Waals surface area contributed by atoms with Gasteiger partial charge in [-0.05, 0) is 57.5 Å². The molecule has 0 aromatic heterocycles. The first-order valence-corrected chi connectivity index (χ1v) is 10.4. The summed E-state index contributed by atoms with van der Waals surface area (Å²) in [6, 6.07) is 11.5. The van der Waals surface area contributed by atoms with Gasteiger partial charge in [0, 0.05) is 23.7 Å². The van der Waals surface area contributed by atoms with Crippen molar-refractivity contribution in [3.8, 4) is 11.5 Å². The molecule has 0 aliphatic rings. The highest BCUT2D eigenvalue weighted by Crippen LogP contribution is 2.37. The number of rotatable bonds is 12. The van der Waals surface area contributed by atoms with E-state index in [1.165, 1.54) is 0 Å². The summed E-state index contributed by atoms with van der Waals surface area (Å²) in [5.74, 6) is 1.18. The maximum Gasteiger partial charge on any atom is 0.180 e. The zero-order valence-corrected chi connectivity index (χ0v) is 18.3. The van der Waals surface area contributed by atoms with Crippen LogP contribution in [0.5, 0.6) is 11.5 Å². The lowest BCUT2D eigenvalue weighted by Gasteiger charge is -2.16. The first-order chi connectivity index (χ1) is 13.5. The van der Waals surface area contributed by atoms with Gasteiger partial charge in [0.25, 0.3) is 0 Å². The Balaban J connectivity index is 1.97. The molecule has 0 aliphatic carbocycles. The van der Waals surface area contributed by atoms with Crippen LogP contribution in [0.25, 0.3) is 0 Å². The summed E-state index contributed by atoms with van der Waals surface area (Å²) in [6.07, 6.45) is 1.23. The van der Waals surface area contributed by atoms with Crippen molar-refractivity contribution in [1.82, 2.24) is 5.32 Å². The monoisotopic (exact) mass is 425 g/mol. The van der Waals surface area contributed by atoms with Crippen molar-refractivity contribution in [1.29, 1.82) is 0 Å². The van der Waals surface area contributed by atoms with E-state index in [1.807, 2.05) is 57.2 Å². The van der Waals surface area contributed by atoms with E-state index in [-0.39, 0.29) is 6.10 Å². The second-order valence-corrected chi connectivity index (χ2v) is 7.48. The molecule has 0 bridgehead atoms. The molecule has 0 aliphatic heterocycles. The van der Waals surface area contributed by atoms with Gasteiger partial charge in [-0.1, -0.05) is 41.4 Å². The molecular weight excluding hydrogens is 397 g/mol. The van der Waals surface area contributed by atoms with Crippen LogP contribution in [0.3, 0.4) is 0 Å². The van der Waals surface area contributed by atoms with Crippen LogP contribution in [-0.2, 0) is 17.9 Å². The number of ether oxygens (including phenoxy) is 3. The molecule has 2 aromatic rings. The molecule has 28 heavy (non-hydrogen) atoms. The first kappa shape index (κ1) is 22.8. The normalized spacial score (nSPS) is 11.1. The largest absolute Gasteiger partial charge is 0.490 e. The standard InChI is InChI=1S/C22H29Cl2NO3/c1-4-26-21-13-17(14-25-10-7-11-27-16(2)3)12-20(24)22(21)28-15-18-8-5-6-9-19(18)23/h5-6,8-9,12-13,16,25H,4,7,10-11,14-15H2,1-3H3. The van der Waals surface area contributed by atoms with Crippen LogP contribution >= 0.6 is 23.2 Å². The summed E-state index contributed by atoms with van der Waals surface area (Å²) in [5.41, 5.74) is 1.94. The van der Waals surface area contributed by atoms with Gasteiger partial charge in [-0.3, -0.25) is 0 Å². The molecule has 4 nitrogen and oxygen atoms in total. The number of nitrogens with one attached hydrogen (secondary N) is 1. The molecule has 0 spiro atoms. The Bertz CT molecular complexity index is 738. The summed E-state index contributed by atoms with van der Waals surface area (Å²) in [6.45, 7) is 9.20. The van der Waals surface area contributed by atoms with Crippen molar-refractivity contribution in [3.63, 3.8) is 0 Å². The molecule has 0 unspecified atom stereocenters. The van der Waals surface area contributed by atoms with Crippen molar-refractivity contribution >= 4 is 23.2 Å². The van der Waals surface area contributed by atoms with E-state index < -0.39 is 0 Å². The fourth-order valence-electron chi connectivity index (χ4n) is 2.64. The van der Waals surface area contributed by atoms with Crippen LogP contribution in [0, 0.1) is 0 Å². The Morgan fingerprint density at radius 1 is 1.04 bits per heavy atom. The minimum Gasteiger partial charge on any atom is -0.490 e. The van der Waals surface area contributed by atoms with Gasteiger partial charge < -0.3 is 19.5 Å². The molecule has 6 heteroatoms. The average Bonchev–Trinajstić information content (AvgIpc) is 2.65. The smallest absolute Gasteiger partial charge is 0.180 e. The molecule has 1 N–H and O–H groups in total. The van der Waals surface area contributed by atoms with Crippen molar-refractivity contribution in [2.24, 2.45) is 0 Å². The number of halogens is 2. The fourth-order valence-corrected chi connectivity index (χ4v) is 3.12. The molecule has 0 fully saturated rings. The molecule has 0 radical (unpaired) electrons. The lowest BCUT2D eigenvalue weighted by molar-refractivity contribution is 0.0770. The first-order valence-electron chi connectivity index (χ1n) is 9.65. The second-order valence-electron chi connectivity index (χ2n) is 6.67. The van der Waals surface area contributed by atoms with E-state index in [9.17, 15) is 0 Å². The predicted octanol–water partition coefficient (Wildman–Crippen LogP) is 5.88. The van der Waals surface area contributed by atoms with Gasteiger partial charge in [-0.2, -0.15) is 0 Å². The van der Waals surface area contributed by atoms with Crippen LogP contribution in [0.2, 0.25) is 10.0 Å². The van der Waals surface area contributed by atoms with Crippen LogP contribution < -0.4 is 14.8 Å². The van der Waals surface area contributed by atoms with Crippen molar-refractivity contribution < 1.29 is 14.2 Å². The molecule has 0 heterocycles. The van der Waals surface area contributed by atoms with Crippen LogP contribution in [0.4, 0.5) is 0 Å². The molecule has 0 amide bonds. The third-order valence-electron chi connectivity index (χ3n) is 3.98. The Morgan fingerprint density at radius 2 is 1.82 bits per heavy atom. The zero-order valence-electron chi connectivity index (χ0n) is 16.8. The maximum atomic E-state index is 6.49. The van der Waals surface area contributed by atoms with E-state index in [2.05, 4.69) is 5.32 Å². The van der Waals surface area contributed by atoms with E-state index in [0.29, 0.717) is 41.3 Å². The number of benzene rings is 2. The van der Waals surface area contributed by atoms with Crippen LogP contribution in [-0.4, -0.2) is 25.9 Å². The summed E-state index contributed by atoms with van der Waals surface area (Å²) in [7, 11) is 0. The third-order valence-corrected chi connectivity index (χ3v) is 4.63. The van der Waals surface area contributed by atoms with Gasteiger partial charge in [-0.15, -0.1) is 0 Å². The quantitative estimate of drug-likeness (QED) is 0.431. The Labute approximate surface area is 178 Å². The SMILES string of the molecule is CCOc1cc(CNCCCOC(C)C)cc(Cl)c1OCc1ccccc1Cl. The Morgan fingerprint density at radius 3 is 2.54 bits per heavy atom. The molecule has 0 saturated carbocycles. The minimum absolute atomic E-state index is 0.269. The van der Waals surface area contributed by atoms with E-state index in [0.717, 1.165) is 30.7 Å². The van der Waals surface area contributed by atoms with Crippen LogP contribution in [0.1, 0.15) is 38.3 Å². The lowest BCUT2D eigenvalue weighted by Crippen LogP contribution is -2.17. The maximum absolute atomic E-state index is 6.49. The van der Waals surface area contributed by atoms with Crippen LogP contribution in [0.15, 0.2) is 36.4 Å². The fraction of sp³-hybridized carbons (Fsp3) is 0.455. The lowest BCUT2D eigenvalue weighted by atomic mass is 10.2. The van der Waals surface area contributed by atoms with Crippen molar-refractivity contribution in [3.05, 3.63) is 57.6 Å². The van der Waals surface area contributed by atoms with Gasteiger partial charge >= 0.3 is 0 Å². The molecule has 0 atom stereocenters. The highest BCUT2D eigenvalue weighted by molar-refractivity contribution is 6.32. The Kier molecular flexibility index (Phi) is 9.93. The van der Waals surface area contributed by atoms with Gasteiger partial charge in [0.15, 0.2) is 11.5 Å². The number of hydrogen-bond acceptors (Lipinski definition) is 4. The summed E-state index contributed by atoms with van der Waals surface area (Å²) in [5, 5.41) is 4.60. The predicted molar refractivity (Wildman–Crippen MR) is 116 cm³/mol. The highest BCUT2D eigenvalue weighted by atomic mass is 35.5. The number of hydrogen-bond donors (Lipinski definition) is 1. The summed E-state index contributed by atoms with van der Waals surface area (Å²) in [4.78, 5) is 0. The van der Waals surface area contributed by atoms with Gasteiger partial charge in [0.2, 0.25) is 0 Å². The van der Waals surface area contributed by atoms with Gasteiger partial charge in [0.1, 0.15) is 6.61 Å². The van der Waals surface area contributed by atoms with E-state index in [1.54, 1.807) is 0 Å². The molecular formula is C22H29Cl2NO3. The van der Waals surface area contributed by atoms with E-state index in [4.69, 9.17) is 37.4 Å². The topological polar surface area (TPSA) is 39.7 Å². The summed E-state index contributed by atoms with van der Waals surface area (Å²) >= 11 is 12.7. The molecule has 2 aromatic carbocycles.